The van der Waals surface area contributed by atoms with Crippen LogP contribution < -0.4 is 19.5 Å². The highest BCUT2D eigenvalue weighted by atomic mass is 32.2. The number of hydrogen-bond acceptors (Lipinski definition) is 9. The number of methoxy groups -OCH3 is 3. The number of sulfonamides is 1. The molecule has 1 atom stereocenters. The van der Waals surface area contributed by atoms with Gasteiger partial charge in [0.25, 0.3) is 0 Å². The maximum absolute atomic E-state index is 13.4. The smallest absolute Gasteiger partial charge is 0.243 e. The highest BCUT2D eigenvalue weighted by Gasteiger charge is 2.33. The standard InChI is InChI=1S/C30H32N6O5S/c1-39-22-15-14-20(26(17-22)41-3)18-31-30-32-27-24(12-7-13-25(27)40-2)29-33-28(34-36(29)30)21-9-8-16-35(19-21)42(37,38)23-10-5-4-6-11-23/h4-7,10-15,17,21H,8-9,16,18-19H2,1-3H3,(H,31,32)/t21-/m1/s1. The number of benzene rings is 3. The molecular weight excluding hydrogens is 556 g/mol. The summed E-state index contributed by atoms with van der Waals surface area (Å²) in [7, 11) is 1.21. The van der Waals surface area contributed by atoms with Crippen LogP contribution in [-0.2, 0) is 16.6 Å². The predicted octanol–water partition coefficient (Wildman–Crippen LogP) is 4.48. The Bertz CT molecular complexity index is 1840. The molecule has 1 N–H and O–H groups in total. The van der Waals surface area contributed by atoms with Crippen LogP contribution in [0.25, 0.3) is 16.6 Å². The molecule has 12 heteroatoms. The zero-order chi connectivity index (χ0) is 29.3. The van der Waals surface area contributed by atoms with Gasteiger partial charge in [0, 0.05) is 42.6 Å². The number of ether oxygens (including phenoxy) is 3. The van der Waals surface area contributed by atoms with Gasteiger partial charge < -0.3 is 19.5 Å². The molecule has 6 rings (SSSR count). The average Bonchev–Trinajstić information content (AvgIpc) is 3.50. The topological polar surface area (TPSA) is 120 Å². The van der Waals surface area contributed by atoms with E-state index in [1.54, 1.807) is 50.1 Å². The summed E-state index contributed by atoms with van der Waals surface area (Å²) < 4.78 is 46.5. The summed E-state index contributed by atoms with van der Waals surface area (Å²) >= 11 is 0. The van der Waals surface area contributed by atoms with Gasteiger partial charge in [0.15, 0.2) is 11.5 Å². The Kier molecular flexibility index (Phi) is 7.56. The Hall–Kier alpha value is -4.42. The molecule has 0 radical (unpaired) electrons. The van der Waals surface area contributed by atoms with Crippen LogP contribution in [0.2, 0.25) is 0 Å². The zero-order valence-corrected chi connectivity index (χ0v) is 24.5. The quantitative estimate of drug-likeness (QED) is 0.266. The molecule has 0 aliphatic carbocycles. The third-order valence-corrected chi connectivity index (χ3v) is 9.44. The van der Waals surface area contributed by atoms with E-state index in [-0.39, 0.29) is 10.8 Å². The van der Waals surface area contributed by atoms with Gasteiger partial charge in [0.05, 0.1) is 26.2 Å². The molecular formula is C30H32N6O5S. The van der Waals surface area contributed by atoms with Gasteiger partial charge in [-0.3, -0.25) is 0 Å². The fourth-order valence-electron chi connectivity index (χ4n) is 5.36. The van der Waals surface area contributed by atoms with E-state index in [1.165, 1.54) is 4.31 Å². The molecule has 11 nitrogen and oxygen atoms in total. The highest BCUT2D eigenvalue weighted by Crippen LogP contribution is 2.33. The van der Waals surface area contributed by atoms with Gasteiger partial charge in [-0.05, 0) is 49.2 Å². The zero-order valence-electron chi connectivity index (χ0n) is 23.6. The van der Waals surface area contributed by atoms with E-state index in [9.17, 15) is 8.42 Å². The molecule has 0 bridgehead atoms. The Morgan fingerprint density at radius 1 is 0.929 bits per heavy atom. The largest absolute Gasteiger partial charge is 0.497 e. The summed E-state index contributed by atoms with van der Waals surface area (Å²) in [6, 6.07) is 19.8. The summed E-state index contributed by atoms with van der Waals surface area (Å²) in [5.74, 6) is 2.86. The second-order valence-corrected chi connectivity index (χ2v) is 12.0. The second-order valence-electron chi connectivity index (χ2n) is 10.0. The van der Waals surface area contributed by atoms with Crippen LogP contribution in [0.3, 0.4) is 0 Å². The van der Waals surface area contributed by atoms with Gasteiger partial charge >= 0.3 is 0 Å². The number of nitrogens with one attached hydrogen (secondary N) is 1. The number of hydrogen-bond donors (Lipinski definition) is 1. The Morgan fingerprint density at radius 2 is 1.74 bits per heavy atom. The first-order valence-electron chi connectivity index (χ1n) is 13.7. The van der Waals surface area contributed by atoms with Gasteiger partial charge in [-0.25, -0.2) is 18.4 Å². The number of para-hydroxylation sites is 1. The van der Waals surface area contributed by atoms with Crippen LogP contribution in [0, 0.1) is 0 Å². The van der Waals surface area contributed by atoms with Crippen LogP contribution in [-0.4, -0.2) is 66.7 Å². The van der Waals surface area contributed by atoms with Gasteiger partial charge in [-0.1, -0.05) is 24.3 Å². The molecule has 0 unspecified atom stereocenters. The van der Waals surface area contributed by atoms with E-state index >= 15 is 0 Å². The lowest BCUT2D eigenvalue weighted by atomic mass is 9.99. The van der Waals surface area contributed by atoms with Crippen molar-refractivity contribution >= 4 is 32.5 Å². The molecule has 0 saturated carbocycles. The molecule has 0 spiro atoms. The average molecular weight is 589 g/mol. The normalized spacial score (nSPS) is 16.0. The number of nitrogens with zero attached hydrogens (tertiary/aromatic N) is 5. The van der Waals surface area contributed by atoms with E-state index in [0.717, 1.165) is 17.4 Å². The van der Waals surface area contributed by atoms with Crippen molar-refractivity contribution in [3.8, 4) is 17.2 Å². The van der Waals surface area contributed by atoms with Crippen molar-refractivity contribution in [2.24, 2.45) is 0 Å². The van der Waals surface area contributed by atoms with Crippen molar-refractivity contribution in [1.82, 2.24) is 23.9 Å². The first-order valence-corrected chi connectivity index (χ1v) is 15.1. The second kappa shape index (κ2) is 11.5. The van der Waals surface area contributed by atoms with Crippen molar-refractivity contribution in [1.29, 1.82) is 0 Å². The molecule has 2 aromatic heterocycles. The summed E-state index contributed by atoms with van der Waals surface area (Å²) in [6.45, 7) is 1.16. The minimum atomic E-state index is -3.63. The number of piperidine rings is 1. The lowest BCUT2D eigenvalue weighted by Crippen LogP contribution is -2.39. The third-order valence-electron chi connectivity index (χ3n) is 7.56. The van der Waals surface area contributed by atoms with E-state index in [2.05, 4.69) is 5.32 Å². The lowest BCUT2D eigenvalue weighted by Gasteiger charge is -2.30. The Labute approximate surface area is 244 Å². The summed E-state index contributed by atoms with van der Waals surface area (Å²) in [5, 5.41) is 9.06. The fraction of sp³-hybridized carbons (Fsp3) is 0.300. The fourth-order valence-corrected chi connectivity index (χ4v) is 6.90. The molecule has 1 fully saturated rings. The molecule has 218 valence electrons. The van der Waals surface area contributed by atoms with Crippen molar-refractivity contribution < 1.29 is 22.6 Å². The lowest BCUT2D eigenvalue weighted by molar-refractivity contribution is 0.309. The van der Waals surface area contributed by atoms with Crippen LogP contribution in [0.4, 0.5) is 5.95 Å². The molecule has 1 aliphatic heterocycles. The van der Waals surface area contributed by atoms with Crippen molar-refractivity contribution in [2.45, 2.75) is 30.2 Å². The third kappa shape index (κ3) is 5.07. The molecule has 1 aliphatic rings. The summed E-state index contributed by atoms with van der Waals surface area (Å²) in [6.07, 6.45) is 1.49. The minimum Gasteiger partial charge on any atom is -0.497 e. The van der Waals surface area contributed by atoms with Crippen LogP contribution in [0.1, 0.15) is 30.1 Å². The number of anilines is 1. The van der Waals surface area contributed by atoms with Crippen LogP contribution in [0.5, 0.6) is 17.2 Å². The predicted molar refractivity (Wildman–Crippen MR) is 159 cm³/mol. The first kappa shape index (κ1) is 27.7. The van der Waals surface area contributed by atoms with Crippen molar-refractivity contribution in [3.63, 3.8) is 0 Å². The Morgan fingerprint density at radius 3 is 2.50 bits per heavy atom. The van der Waals surface area contributed by atoms with E-state index in [1.807, 2.05) is 42.5 Å². The van der Waals surface area contributed by atoms with Gasteiger partial charge in [0.1, 0.15) is 22.8 Å². The summed E-state index contributed by atoms with van der Waals surface area (Å²) in [5.41, 5.74) is 2.16. The minimum absolute atomic E-state index is 0.174. The van der Waals surface area contributed by atoms with Crippen LogP contribution >= 0.6 is 0 Å². The molecule has 5 aromatic rings. The maximum atomic E-state index is 13.4. The molecule has 3 heterocycles. The molecule has 42 heavy (non-hydrogen) atoms. The number of fused-ring (bicyclic) bond motifs is 3. The van der Waals surface area contributed by atoms with Crippen LogP contribution in [0.15, 0.2) is 71.6 Å². The molecule has 0 amide bonds. The van der Waals surface area contributed by atoms with E-state index in [4.69, 9.17) is 29.3 Å². The van der Waals surface area contributed by atoms with E-state index in [0.29, 0.717) is 66.2 Å². The summed E-state index contributed by atoms with van der Waals surface area (Å²) in [4.78, 5) is 10.1. The monoisotopic (exact) mass is 588 g/mol. The van der Waals surface area contributed by atoms with Crippen molar-refractivity contribution in [3.05, 3.63) is 78.1 Å². The Balaban J connectivity index is 1.38. The number of rotatable bonds is 9. The SMILES string of the molecule is COc1ccc(CNc2nc3c(OC)cccc3c3nc([C@@H]4CCCN(S(=O)(=O)c5ccccc5)C4)nn23)c(OC)c1. The highest BCUT2D eigenvalue weighted by molar-refractivity contribution is 7.89. The maximum Gasteiger partial charge on any atom is 0.243 e. The first-order chi connectivity index (χ1) is 20.4. The molecule has 3 aromatic carbocycles. The molecule has 1 saturated heterocycles. The van der Waals surface area contributed by atoms with E-state index < -0.39 is 10.0 Å². The van der Waals surface area contributed by atoms with Gasteiger partial charge in [-0.15, -0.1) is 5.10 Å². The number of aromatic nitrogens is 4. The van der Waals surface area contributed by atoms with Gasteiger partial charge in [0.2, 0.25) is 16.0 Å². The van der Waals surface area contributed by atoms with Crippen molar-refractivity contribution in [2.75, 3.05) is 39.7 Å². The van der Waals surface area contributed by atoms with Gasteiger partial charge in [-0.2, -0.15) is 8.82 Å².